The smallest absolute Gasteiger partial charge is 0.317 e. The number of carbonyl (C=O) groups is 1. The number of morpholine rings is 1. The van der Waals surface area contributed by atoms with Crippen molar-refractivity contribution in [1.29, 1.82) is 0 Å². The Hall–Kier alpha value is -1.71. The molecule has 2 saturated heterocycles. The molecule has 0 spiro atoms. The molecule has 3 N–H and O–H groups in total. The molecule has 156 valence electrons. The molecular formula is C20H31N3O5. The summed E-state index contributed by atoms with van der Waals surface area (Å²) in [6.45, 7) is 3.00. The number of amides is 2. The molecule has 8 heteroatoms. The summed E-state index contributed by atoms with van der Waals surface area (Å²) in [6, 6.07) is 9.70. The van der Waals surface area contributed by atoms with Crippen LogP contribution in [-0.4, -0.2) is 103 Å². The minimum Gasteiger partial charge on any atom is -0.394 e. The van der Waals surface area contributed by atoms with Crippen LogP contribution in [0.25, 0.3) is 0 Å². The van der Waals surface area contributed by atoms with Crippen molar-refractivity contribution in [2.24, 2.45) is 0 Å². The maximum atomic E-state index is 12.4. The Kier molecular flexibility index (Phi) is 7.64. The SMILES string of the molecule is CN(CCc1ccccc1)C1C(CNC(=O)N2CCOCC2)OC(CO)C1O. The largest absolute Gasteiger partial charge is 0.394 e. The highest BCUT2D eigenvalue weighted by Crippen LogP contribution is 2.25. The molecule has 0 aliphatic carbocycles. The predicted molar refractivity (Wildman–Crippen MR) is 104 cm³/mol. The van der Waals surface area contributed by atoms with E-state index in [1.807, 2.05) is 25.2 Å². The molecule has 0 bridgehead atoms. The monoisotopic (exact) mass is 393 g/mol. The quantitative estimate of drug-likeness (QED) is 0.589. The highest BCUT2D eigenvalue weighted by atomic mass is 16.5. The lowest BCUT2D eigenvalue weighted by Gasteiger charge is -2.31. The summed E-state index contributed by atoms with van der Waals surface area (Å²) in [6.07, 6.45) is -1.000. The van der Waals surface area contributed by atoms with E-state index in [-0.39, 0.29) is 25.2 Å². The summed E-state index contributed by atoms with van der Waals surface area (Å²) >= 11 is 0. The average Bonchev–Trinajstić information content (AvgIpc) is 3.07. The van der Waals surface area contributed by atoms with Crippen LogP contribution in [0, 0.1) is 0 Å². The second kappa shape index (κ2) is 10.2. The molecule has 2 fully saturated rings. The molecule has 2 amide bonds. The molecule has 8 nitrogen and oxygen atoms in total. The minimum absolute atomic E-state index is 0.153. The normalized spacial score (nSPS) is 27.9. The highest BCUT2D eigenvalue weighted by molar-refractivity contribution is 5.74. The predicted octanol–water partition coefficient (Wildman–Crippen LogP) is -0.308. The van der Waals surface area contributed by atoms with Gasteiger partial charge in [-0.05, 0) is 19.0 Å². The summed E-state index contributed by atoms with van der Waals surface area (Å²) in [4.78, 5) is 16.1. The zero-order valence-corrected chi connectivity index (χ0v) is 16.4. The topological polar surface area (TPSA) is 94.5 Å². The molecular weight excluding hydrogens is 362 g/mol. The molecule has 28 heavy (non-hydrogen) atoms. The van der Waals surface area contributed by atoms with Gasteiger partial charge in [0.25, 0.3) is 0 Å². The van der Waals surface area contributed by atoms with Gasteiger partial charge in [-0.25, -0.2) is 4.79 Å². The van der Waals surface area contributed by atoms with E-state index in [0.29, 0.717) is 26.3 Å². The lowest BCUT2D eigenvalue weighted by Crippen LogP contribution is -2.52. The fraction of sp³-hybridized carbons (Fsp3) is 0.650. The first-order chi connectivity index (χ1) is 13.6. The number of benzene rings is 1. The van der Waals surface area contributed by atoms with Crippen LogP contribution in [0.1, 0.15) is 5.56 Å². The zero-order valence-electron chi connectivity index (χ0n) is 16.4. The lowest BCUT2D eigenvalue weighted by atomic mass is 10.0. The maximum absolute atomic E-state index is 12.4. The maximum Gasteiger partial charge on any atom is 0.317 e. The fourth-order valence-electron chi connectivity index (χ4n) is 3.86. The van der Waals surface area contributed by atoms with Crippen LogP contribution in [0.4, 0.5) is 4.79 Å². The van der Waals surface area contributed by atoms with Gasteiger partial charge in [-0.2, -0.15) is 0 Å². The fourth-order valence-corrected chi connectivity index (χ4v) is 3.86. The first kappa shape index (κ1) is 21.0. The summed E-state index contributed by atoms with van der Waals surface area (Å²) < 4.78 is 11.1. The third kappa shape index (κ3) is 5.21. The van der Waals surface area contributed by atoms with Gasteiger partial charge in [0.2, 0.25) is 0 Å². The Bertz CT molecular complexity index is 611. The zero-order chi connectivity index (χ0) is 19.9. The standard InChI is InChI=1S/C20H31N3O5/c1-22(8-7-15-5-3-2-4-6-15)18-16(28-17(14-24)19(18)25)13-21-20(26)23-9-11-27-12-10-23/h2-6,16-19,24-25H,7-14H2,1H3,(H,21,26). The van der Waals surface area contributed by atoms with Crippen LogP contribution in [0.2, 0.25) is 0 Å². The molecule has 0 aromatic heterocycles. The van der Waals surface area contributed by atoms with E-state index in [9.17, 15) is 15.0 Å². The Labute approximate surface area is 166 Å². The number of aliphatic hydroxyl groups is 2. The van der Waals surface area contributed by atoms with Crippen molar-refractivity contribution in [1.82, 2.24) is 15.1 Å². The van der Waals surface area contributed by atoms with Gasteiger partial charge in [0.05, 0.1) is 32.0 Å². The molecule has 0 saturated carbocycles. The summed E-state index contributed by atoms with van der Waals surface area (Å²) in [5.74, 6) is 0. The number of urea groups is 1. The summed E-state index contributed by atoms with van der Waals surface area (Å²) in [5, 5.41) is 23.1. The average molecular weight is 393 g/mol. The van der Waals surface area contributed by atoms with E-state index in [1.165, 1.54) is 5.56 Å². The minimum atomic E-state index is -0.809. The number of likely N-dealkylation sites (N-methyl/N-ethyl adjacent to an activating group) is 1. The molecule has 1 aromatic rings. The van der Waals surface area contributed by atoms with E-state index in [4.69, 9.17) is 9.47 Å². The van der Waals surface area contributed by atoms with Gasteiger partial charge in [-0.1, -0.05) is 30.3 Å². The van der Waals surface area contributed by atoms with Gasteiger partial charge >= 0.3 is 6.03 Å². The number of ether oxygens (including phenoxy) is 2. The van der Waals surface area contributed by atoms with Crippen molar-refractivity contribution in [2.75, 3.05) is 53.0 Å². The summed E-state index contributed by atoms with van der Waals surface area (Å²) in [5.41, 5.74) is 1.22. The molecule has 2 heterocycles. The first-order valence-electron chi connectivity index (χ1n) is 9.89. The number of hydrogen-bond donors (Lipinski definition) is 3. The van der Waals surface area contributed by atoms with Crippen LogP contribution in [0.3, 0.4) is 0 Å². The van der Waals surface area contributed by atoms with Crippen molar-refractivity contribution in [3.8, 4) is 0 Å². The Balaban J connectivity index is 1.56. The van der Waals surface area contributed by atoms with Gasteiger partial charge in [0, 0.05) is 26.2 Å². The van der Waals surface area contributed by atoms with Gasteiger partial charge in [-0.15, -0.1) is 0 Å². The molecule has 0 radical (unpaired) electrons. The van der Waals surface area contributed by atoms with Crippen LogP contribution >= 0.6 is 0 Å². The first-order valence-corrected chi connectivity index (χ1v) is 9.89. The van der Waals surface area contributed by atoms with Crippen molar-refractivity contribution < 1.29 is 24.5 Å². The molecule has 1 aromatic carbocycles. The number of carbonyl (C=O) groups excluding carboxylic acids is 1. The number of nitrogens with zero attached hydrogens (tertiary/aromatic N) is 2. The van der Waals surface area contributed by atoms with E-state index >= 15 is 0 Å². The Morgan fingerprint density at radius 3 is 2.64 bits per heavy atom. The van der Waals surface area contributed by atoms with E-state index in [1.54, 1.807) is 4.90 Å². The third-order valence-electron chi connectivity index (χ3n) is 5.50. The number of aliphatic hydroxyl groups excluding tert-OH is 2. The van der Waals surface area contributed by atoms with Gasteiger partial charge in [0.15, 0.2) is 0 Å². The van der Waals surface area contributed by atoms with Gasteiger partial charge in [-0.3, -0.25) is 4.90 Å². The van der Waals surface area contributed by atoms with Crippen LogP contribution in [-0.2, 0) is 15.9 Å². The second-order valence-corrected chi connectivity index (χ2v) is 7.38. The van der Waals surface area contributed by atoms with Gasteiger partial charge in [0.1, 0.15) is 12.2 Å². The molecule has 2 aliphatic rings. The third-order valence-corrected chi connectivity index (χ3v) is 5.50. The van der Waals surface area contributed by atoms with Crippen molar-refractivity contribution in [3.63, 3.8) is 0 Å². The Morgan fingerprint density at radius 2 is 1.96 bits per heavy atom. The molecule has 4 unspecified atom stereocenters. The second-order valence-electron chi connectivity index (χ2n) is 7.38. The van der Waals surface area contributed by atoms with E-state index in [2.05, 4.69) is 22.3 Å². The molecule has 3 rings (SSSR count). The van der Waals surface area contributed by atoms with Crippen molar-refractivity contribution in [3.05, 3.63) is 35.9 Å². The van der Waals surface area contributed by atoms with Crippen LogP contribution in [0.5, 0.6) is 0 Å². The van der Waals surface area contributed by atoms with Crippen LogP contribution in [0.15, 0.2) is 30.3 Å². The molecule has 2 aliphatic heterocycles. The van der Waals surface area contributed by atoms with E-state index < -0.39 is 18.3 Å². The number of rotatable bonds is 7. The lowest BCUT2D eigenvalue weighted by molar-refractivity contribution is -0.0211. The number of hydrogen-bond acceptors (Lipinski definition) is 6. The molecule has 4 atom stereocenters. The summed E-state index contributed by atoms with van der Waals surface area (Å²) in [7, 11) is 1.94. The van der Waals surface area contributed by atoms with Gasteiger partial charge < -0.3 is 29.9 Å². The number of nitrogens with one attached hydrogen (secondary N) is 1. The van der Waals surface area contributed by atoms with Crippen molar-refractivity contribution in [2.45, 2.75) is 30.8 Å². The van der Waals surface area contributed by atoms with E-state index in [0.717, 1.165) is 13.0 Å². The Morgan fingerprint density at radius 1 is 1.25 bits per heavy atom. The highest BCUT2D eigenvalue weighted by Gasteiger charge is 2.45. The van der Waals surface area contributed by atoms with Crippen LogP contribution < -0.4 is 5.32 Å². The van der Waals surface area contributed by atoms with Crippen molar-refractivity contribution >= 4 is 6.03 Å².